The Morgan fingerprint density at radius 3 is 2.33 bits per heavy atom. The van der Waals surface area contributed by atoms with E-state index in [0.29, 0.717) is 6.42 Å². The number of hydrogen-bond acceptors (Lipinski definition) is 4. The maximum absolute atomic E-state index is 12.1. The highest BCUT2D eigenvalue weighted by Gasteiger charge is 2.31. The fourth-order valence-corrected chi connectivity index (χ4v) is 1.87. The molecule has 1 rings (SSSR count). The van der Waals surface area contributed by atoms with Gasteiger partial charge in [0.1, 0.15) is 6.04 Å². The number of amides is 2. The van der Waals surface area contributed by atoms with Crippen LogP contribution >= 0.6 is 0 Å². The van der Waals surface area contributed by atoms with E-state index in [2.05, 4.69) is 5.32 Å². The van der Waals surface area contributed by atoms with E-state index in [1.165, 1.54) is 14.2 Å². The highest BCUT2D eigenvalue weighted by Crippen LogP contribution is 2.12. The van der Waals surface area contributed by atoms with Gasteiger partial charge >= 0.3 is 6.09 Å². The molecule has 116 valence electrons. The fourth-order valence-electron chi connectivity index (χ4n) is 1.87. The van der Waals surface area contributed by atoms with Gasteiger partial charge in [0.15, 0.2) is 0 Å². The molecule has 0 bridgehead atoms. The molecule has 1 aromatic carbocycles. The van der Waals surface area contributed by atoms with Gasteiger partial charge in [-0.05, 0) is 19.4 Å². The van der Waals surface area contributed by atoms with E-state index in [-0.39, 0.29) is 12.0 Å². The quantitative estimate of drug-likeness (QED) is 0.812. The summed E-state index contributed by atoms with van der Waals surface area (Å²) in [5.41, 5.74) is 0.922. The van der Waals surface area contributed by atoms with Gasteiger partial charge in [-0.15, -0.1) is 0 Å². The van der Waals surface area contributed by atoms with Crippen LogP contribution in [0, 0.1) is 0 Å². The minimum atomic E-state index is -0.798. The summed E-state index contributed by atoms with van der Waals surface area (Å²) in [5, 5.41) is 3.50. The molecule has 6 heteroatoms. The Hall–Kier alpha value is -2.08. The molecule has 0 aliphatic rings. The lowest BCUT2D eigenvalue weighted by Gasteiger charge is -2.28. The minimum Gasteiger partial charge on any atom is -0.445 e. The number of carbonyl (C=O) groups excluding carboxylic acids is 2. The van der Waals surface area contributed by atoms with Crippen molar-refractivity contribution in [3.05, 3.63) is 35.9 Å². The zero-order valence-corrected chi connectivity index (χ0v) is 12.8. The molecule has 6 nitrogen and oxygen atoms in total. The van der Waals surface area contributed by atoms with Gasteiger partial charge in [0.2, 0.25) is 5.91 Å². The van der Waals surface area contributed by atoms with E-state index in [1.54, 1.807) is 13.8 Å². The Labute approximate surface area is 125 Å². The van der Waals surface area contributed by atoms with Crippen LogP contribution in [-0.4, -0.2) is 43.4 Å². The van der Waals surface area contributed by atoms with Crippen LogP contribution in [-0.2, 0) is 20.8 Å². The van der Waals surface area contributed by atoms with Gasteiger partial charge in [-0.3, -0.25) is 9.63 Å². The first-order valence-corrected chi connectivity index (χ1v) is 6.79. The van der Waals surface area contributed by atoms with Gasteiger partial charge in [0.25, 0.3) is 0 Å². The van der Waals surface area contributed by atoms with Crippen molar-refractivity contribution in [3.63, 3.8) is 0 Å². The normalized spacial score (nSPS) is 11.9. The number of nitrogens with one attached hydrogen (secondary N) is 1. The second-order valence-electron chi connectivity index (χ2n) is 4.76. The van der Waals surface area contributed by atoms with Crippen molar-refractivity contribution >= 4 is 12.0 Å². The van der Waals surface area contributed by atoms with Gasteiger partial charge < -0.3 is 10.1 Å². The van der Waals surface area contributed by atoms with Gasteiger partial charge in [0.05, 0.1) is 13.2 Å². The lowest BCUT2D eigenvalue weighted by molar-refractivity contribution is -0.159. The number of ether oxygens (including phenoxy) is 1. The predicted octanol–water partition coefficient (Wildman–Crippen LogP) is 1.75. The maximum atomic E-state index is 12.1. The van der Waals surface area contributed by atoms with Crippen LogP contribution in [0.4, 0.5) is 4.79 Å². The summed E-state index contributed by atoms with van der Waals surface area (Å²) in [7, 11) is 2.85. The van der Waals surface area contributed by atoms with E-state index < -0.39 is 12.1 Å². The molecule has 0 fully saturated rings. The Bertz CT molecular complexity index is 462. The molecular weight excluding hydrogens is 272 g/mol. The molecule has 1 unspecified atom stereocenters. The molecule has 0 aliphatic carbocycles. The average Bonchev–Trinajstić information content (AvgIpc) is 2.46. The number of hydroxylamine groups is 2. The van der Waals surface area contributed by atoms with Gasteiger partial charge in [-0.25, -0.2) is 4.79 Å². The molecule has 1 aromatic rings. The van der Waals surface area contributed by atoms with Crippen LogP contribution in [0.15, 0.2) is 30.3 Å². The summed E-state index contributed by atoms with van der Waals surface area (Å²) in [6, 6.07) is 8.61. The van der Waals surface area contributed by atoms with Crippen molar-refractivity contribution in [2.24, 2.45) is 0 Å². The highest BCUT2D eigenvalue weighted by molar-refractivity contribution is 5.85. The van der Waals surface area contributed by atoms with Crippen molar-refractivity contribution < 1.29 is 19.2 Å². The molecule has 21 heavy (non-hydrogen) atoms. The lowest BCUT2D eigenvalue weighted by atomic mass is 10.1. The molecule has 1 atom stereocenters. The molecule has 0 heterocycles. The van der Waals surface area contributed by atoms with Crippen molar-refractivity contribution in [2.75, 3.05) is 14.2 Å². The second-order valence-corrected chi connectivity index (χ2v) is 4.76. The topological polar surface area (TPSA) is 67.9 Å². The first-order chi connectivity index (χ1) is 9.99. The van der Waals surface area contributed by atoms with E-state index in [0.717, 1.165) is 10.6 Å². The van der Waals surface area contributed by atoms with E-state index in [4.69, 9.17) is 9.57 Å². The molecule has 0 radical (unpaired) electrons. The summed E-state index contributed by atoms with van der Waals surface area (Å²) < 4.78 is 5.10. The first-order valence-electron chi connectivity index (χ1n) is 6.79. The lowest BCUT2D eigenvalue weighted by Crippen LogP contribution is -2.50. The highest BCUT2D eigenvalue weighted by atomic mass is 16.7. The average molecular weight is 294 g/mol. The van der Waals surface area contributed by atoms with Crippen LogP contribution in [0.5, 0.6) is 0 Å². The summed E-state index contributed by atoms with van der Waals surface area (Å²) in [5.74, 6) is -0.318. The number of hydrogen-bond donors (Lipinski definition) is 1. The number of likely N-dealkylation sites (N-methyl/N-ethyl adjacent to an activating group) is 1. The minimum absolute atomic E-state index is 0.294. The summed E-state index contributed by atoms with van der Waals surface area (Å²) in [6.07, 6.45) is -0.643. The zero-order chi connectivity index (χ0) is 15.8. The second kappa shape index (κ2) is 8.26. The number of rotatable bonds is 6. The van der Waals surface area contributed by atoms with Crippen LogP contribution in [0.25, 0.3) is 0 Å². The smallest absolute Gasteiger partial charge is 0.434 e. The summed E-state index contributed by atoms with van der Waals surface area (Å²) in [6.45, 7) is 3.47. The SMILES string of the molecule is CNC(=O)C(Cc1ccccc1)N(OC)C(=O)OC(C)C. The fraction of sp³-hybridized carbons (Fsp3) is 0.467. The van der Waals surface area contributed by atoms with Gasteiger partial charge in [-0.2, -0.15) is 5.06 Å². The summed E-state index contributed by atoms with van der Waals surface area (Å²) in [4.78, 5) is 29.2. The zero-order valence-electron chi connectivity index (χ0n) is 12.8. The molecule has 2 amide bonds. The standard InChI is InChI=1S/C15H22N2O4/c1-11(2)21-15(19)17(20-4)13(14(18)16-3)10-12-8-6-5-7-9-12/h5-9,11,13H,10H2,1-4H3,(H,16,18). The Balaban J connectivity index is 2.94. The largest absolute Gasteiger partial charge is 0.445 e. The Morgan fingerprint density at radius 2 is 1.86 bits per heavy atom. The van der Waals surface area contributed by atoms with Crippen LogP contribution in [0.2, 0.25) is 0 Å². The number of nitrogens with zero attached hydrogens (tertiary/aromatic N) is 1. The molecule has 0 aliphatic heterocycles. The van der Waals surface area contributed by atoms with E-state index in [1.807, 2.05) is 30.3 Å². The number of benzene rings is 1. The Kier molecular flexibility index (Phi) is 6.68. The molecule has 0 saturated heterocycles. The van der Waals surface area contributed by atoms with Crippen LogP contribution in [0.1, 0.15) is 19.4 Å². The molecule has 0 aromatic heterocycles. The van der Waals surface area contributed by atoms with Crippen LogP contribution < -0.4 is 5.32 Å². The number of carbonyl (C=O) groups is 2. The van der Waals surface area contributed by atoms with Gasteiger partial charge in [-0.1, -0.05) is 30.3 Å². The third-order valence-electron chi connectivity index (χ3n) is 2.82. The van der Waals surface area contributed by atoms with Crippen molar-refractivity contribution in [2.45, 2.75) is 32.4 Å². The predicted molar refractivity (Wildman–Crippen MR) is 78.5 cm³/mol. The molecular formula is C15H22N2O4. The van der Waals surface area contributed by atoms with Crippen molar-refractivity contribution in [1.29, 1.82) is 0 Å². The monoisotopic (exact) mass is 294 g/mol. The van der Waals surface area contributed by atoms with Crippen molar-refractivity contribution in [3.8, 4) is 0 Å². The third-order valence-corrected chi connectivity index (χ3v) is 2.82. The first kappa shape index (κ1) is 17.0. The van der Waals surface area contributed by atoms with E-state index >= 15 is 0 Å². The molecule has 1 N–H and O–H groups in total. The molecule has 0 spiro atoms. The maximum Gasteiger partial charge on any atom is 0.434 e. The van der Waals surface area contributed by atoms with Gasteiger partial charge in [0, 0.05) is 13.5 Å². The summed E-state index contributed by atoms with van der Waals surface area (Å²) >= 11 is 0. The molecule has 0 saturated carbocycles. The van der Waals surface area contributed by atoms with Crippen molar-refractivity contribution in [1.82, 2.24) is 10.4 Å². The van der Waals surface area contributed by atoms with E-state index in [9.17, 15) is 9.59 Å². The third kappa shape index (κ3) is 5.07. The van der Waals surface area contributed by atoms with Crippen LogP contribution in [0.3, 0.4) is 0 Å². The Morgan fingerprint density at radius 1 is 1.24 bits per heavy atom.